The first-order valence-corrected chi connectivity index (χ1v) is 11.6. The number of sulfonamides is 1. The van der Waals surface area contributed by atoms with E-state index in [9.17, 15) is 22.8 Å². The molecular formula is C23H22N3O6S+. The Morgan fingerprint density at radius 3 is 2.39 bits per heavy atom. The van der Waals surface area contributed by atoms with Gasteiger partial charge in [-0.05, 0) is 30.3 Å². The van der Waals surface area contributed by atoms with Crippen molar-refractivity contribution in [3.05, 3.63) is 84.1 Å². The predicted octanol–water partition coefficient (Wildman–Crippen LogP) is 1.50. The number of benzene rings is 1. The molecule has 3 aromatic rings. The number of pyridine rings is 1. The molecule has 33 heavy (non-hydrogen) atoms. The Labute approximate surface area is 190 Å². The zero-order valence-corrected chi connectivity index (χ0v) is 18.8. The van der Waals surface area contributed by atoms with Gasteiger partial charge in [0.1, 0.15) is 17.7 Å². The summed E-state index contributed by atoms with van der Waals surface area (Å²) in [7, 11) is -0.859. The molecule has 170 valence electrons. The van der Waals surface area contributed by atoms with Gasteiger partial charge in [0.2, 0.25) is 15.8 Å². The molecule has 4 rings (SSSR count). The van der Waals surface area contributed by atoms with Crippen molar-refractivity contribution in [2.45, 2.75) is 17.5 Å². The lowest BCUT2D eigenvalue weighted by atomic mass is 9.88. The summed E-state index contributed by atoms with van der Waals surface area (Å²) in [4.78, 5) is 43.6. The van der Waals surface area contributed by atoms with Crippen LogP contribution in [0.25, 0.3) is 0 Å². The zero-order chi connectivity index (χ0) is 23.8. The molecule has 2 unspecified atom stereocenters. The highest BCUT2D eigenvalue weighted by atomic mass is 32.2. The Morgan fingerprint density at radius 1 is 1.09 bits per heavy atom. The Kier molecular flexibility index (Phi) is 5.96. The van der Waals surface area contributed by atoms with Gasteiger partial charge in [-0.2, -0.15) is 0 Å². The van der Waals surface area contributed by atoms with Gasteiger partial charge in [-0.15, -0.1) is 0 Å². The van der Waals surface area contributed by atoms with Crippen molar-refractivity contribution < 1.29 is 32.2 Å². The normalized spacial score (nSPS) is 18.8. The second kappa shape index (κ2) is 8.72. The smallest absolute Gasteiger partial charge is 0.291 e. The van der Waals surface area contributed by atoms with Crippen molar-refractivity contribution in [1.82, 2.24) is 9.21 Å². The third-order valence-electron chi connectivity index (χ3n) is 5.56. The van der Waals surface area contributed by atoms with E-state index in [2.05, 4.69) is 4.98 Å². The first kappa shape index (κ1) is 22.6. The van der Waals surface area contributed by atoms with Crippen LogP contribution in [0, 0.1) is 5.92 Å². The van der Waals surface area contributed by atoms with Crippen molar-refractivity contribution in [3.63, 3.8) is 0 Å². The highest BCUT2D eigenvalue weighted by molar-refractivity contribution is 7.89. The van der Waals surface area contributed by atoms with E-state index in [1.54, 1.807) is 36.7 Å². The van der Waals surface area contributed by atoms with Crippen LogP contribution in [-0.2, 0) is 26.2 Å². The van der Waals surface area contributed by atoms with Crippen LogP contribution in [0.3, 0.4) is 0 Å². The average molecular weight is 469 g/mol. The van der Waals surface area contributed by atoms with Gasteiger partial charge in [0.05, 0.1) is 17.7 Å². The van der Waals surface area contributed by atoms with E-state index < -0.39 is 39.5 Å². The molecule has 2 aromatic heterocycles. The lowest BCUT2D eigenvalue weighted by molar-refractivity contribution is -0.378. The van der Waals surface area contributed by atoms with Crippen molar-refractivity contribution >= 4 is 27.5 Å². The van der Waals surface area contributed by atoms with E-state index in [1.165, 1.54) is 49.5 Å². The van der Waals surface area contributed by atoms with Gasteiger partial charge < -0.3 is 9.32 Å². The zero-order valence-electron chi connectivity index (χ0n) is 18.0. The number of amides is 1. The van der Waals surface area contributed by atoms with E-state index in [0.29, 0.717) is 5.76 Å². The second-order valence-electron chi connectivity index (χ2n) is 7.82. The summed E-state index contributed by atoms with van der Waals surface area (Å²) in [5, 5.41) is 0. The van der Waals surface area contributed by atoms with E-state index in [4.69, 9.17) is 4.42 Å². The number of nitrogens with zero attached hydrogens (tertiary/aromatic N) is 2. The van der Waals surface area contributed by atoms with E-state index in [1.807, 2.05) is 0 Å². The maximum atomic E-state index is 13.4. The highest BCUT2D eigenvalue weighted by Crippen LogP contribution is 2.39. The predicted molar refractivity (Wildman–Crippen MR) is 115 cm³/mol. The van der Waals surface area contributed by atoms with Crippen molar-refractivity contribution in [2.75, 3.05) is 14.1 Å². The number of nitrogens with one attached hydrogen (secondary N) is 1. The van der Waals surface area contributed by atoms with Crippen LogP contribution in [-0.4, -0.2) is 49.2 Å². The van der Waals surface area contributed by atoms with Crippen molar-refractivity contribution in [1.29, 1.82) is 0 Å². The number of H-pyrrole nitrogens is 1. The molecule has 1 fully saturated rings. The summed E-state index contributed by atoms with van der Waals surface area (Å²) in [6.07, 6.45) is 4.84. The van der Waals surface area contributed by atoms with Gasteiger partial charge >= 0.3 is 0 Å². The van der Waals surface area contributed by atoms with Crippen LogP contribution in [0.5, 0.6) is 0 Å². The molecule has 1 saturated heterocycles. The summed E-state index contributed by atoms with van der Waals surface area (Å²) in [6, 6.07) is 11.2. The molecule has 1 aliphatic heterocycles. The molecule has 1 aliphatic rings. The largest absolute Gasteiger partial charge is 0.467 e. The van der Waals surface area contributed by atoms with Crippen LogP contribution in [0.15, 0.2) is 76.5 Å². The number of furan rings is 1. The number of Topliss-reactive ketones (excluding diaryl/α,β-unsaturated/α-hetero) is 2. The van der Waals surface area contributed by atoms with Crippen LogP contribution >= 0.6 is 0 Å². The molecular weight excluding hydrogens is 446 g/mol. The summed E-state index contributed by atoms with van der Waals surface area (Å²) in [6.45, 7) is 0.108. The fourth-order valence-electron chi connectivity index (χ4n) is 3.84. The number of aromatic amines is 1. The van der Waals surface area contributed by atoms with Crippen LogP contribution < -0.4 is 4.98 Å². The standard InChI is InChI=1S/C23H21N3O6S/c1-25(2)33(30,31)17-9-7-16(8-10-17)21(27)19-20(18-6-4-12-32-18)26(23(29)22(19)28)14-15-5-3-11-24-13-15/h3-13,19-20H,14H2,1-2H3/p+1. The maximum Gasteiger partial charge on any atom is 0.291 e. The van der Waals surface area contributed by atoms with Gasteiger partial charge in [-0.1, -0.05) is 12.1 Å². The van der Waals surface area contributed by atoms with Gasteiger partial charge in [-0.3, -0.25) is 14.4 Å². The van der Waals surface area contributed by atoms with E-state index in [0.717, 1.165) is 9.87 Å². The molecule has 0 radical (unpaired) electrons. The molecule has 9 nitrogen and oxygen atoms in total. The molecule has 3 heterocycles. The number of likely N-dealkylation sites (tertiary alicyclic amines) is 1. The molecule has 10 heteroatoms. The maximum absolute atomic E-state index is 13.4. The number of rotatable bonds is 7. The Bertz CT molecular complexity index is 1290. The molecule has 0 saturated carbocycles. The van der Waals surface area contributed by atoms with E-state index in [-0.39, 0.29) is 17.0 Å². The van der Waals surface area contributed by atoms with Gasteiger partial charge in [-0.25, -0.2) is 17.7 Å². The molecule has 1 amide bonds. The SMILES string of the molecule is CN(C)S(=O)(=O)c1ccc(C(=O)C2C(=O)C(=O)N(Cc3ccc[nH+]c3)C2c2ccco2)cc1. The molecule has 2 atom stereocenters. The average Bonchev–Trinajstić information content (AvgIpc) is 3.42. The third-order valence-corrected chi connectivity index (χ3v) is 7.39. The summed E-state index contributed by atoms with van der Waals surface area (Å²) in [5.41, 5.74) is 0.881. The minimum atomic E-state index is -3.67. The first-order chi connectivity index (χ1) is 15.7. The van der Waals surface area contributed by atoms with Crippen molar-refractivity contribution in [2.24, 2.45) is 5.92 Å². The van der Waals surface area contributed by atoms with Gasteiger partial charge in [0, 0.05) is 31.3 Å². The Balaban J connectivity index is 1.70. The lowest BCUT2D eigenvalue weighted by Crippen LogP contribution is -2.30. The summed E-state index contributed by atoms with van der Waals surface area (Å²) < 4.78 is 31.2. The minimum absolute atomic E-state index is 0.0161. The fraction of sp³-hybridized carbons (Fsp3) is 0.217. The molecule has 0 spiro atoms. The number of hydrogen-bond donors (Lipinski definition) is 0. The fourth-order valence-corrected chi connectivity index (χ4v) is 4.74. The Hall–Kier alpha value is -3.63. The van der Waals surface area contributed by atoms with Gasteiger partial charge in [0.25, 0.3) is 5.91 Å². The van der Waals surface area contributed by atoms with Crippen LogP contribution in [0.2, 0.25) is 0 Å². The Morgan fingerprint density at radius 2 is 1.82 bits per heavy atom. The quantitative estimate of drug-likeness (QED) is 0.294. The van der Waals surface area contributed by atoms with Gasteiger partial charge in [0.15, 0.2) is 18.2 Å². The van der Waals surface area contributed by atoms with E-state index >= 15 is 0 Å². The molecule has 1 N–H and O–H groups in total. The molecule has 1 aromatic carbocycles. The number of carbonyl (C=O) groups excluding carboxylic acids is 3. The number of hydrogen-bond acceptors (Lipinski definition) is 6. The molecule has 0 aliphatic carbocycles. The highest BCUT2D eigenvalue weighted by Gasteiger charge is 2.52. The third kappa shape index (κ3) is 4.10. The monoisotopic (exact) mass is 468 g/mol. The topological polar surface area (TPSA) is 119 Å². The first-order valence-electron chi connectivity index (χ1n) is 10.1. The second-order valence-corrected chi connectivity index (χ2v) is 9.97. The minimum Gasteiger partial charge on any atom is -0.467 e. The van der Waals surface area contributed by atoms with Crippen LogP contribution in [0.1, 0.15) is 27.7 Å². The number of carbonyl (C=O) groups is 3. The summed E-state index contributed by atoms with van der Waals surface area (Å²) >= 11 is 0. The van der Waals surface area contributed by atoms with Crippen molar-refractivity contribution in [3.8, 4) is 0 Å². The summed E-state index contributed by atoms with van der Waals surface area (Å²) in [5.74, 6) is -3.17. The number of aromatic nitrogens is 1. The molecule has 0 bridgehead atoms. The van der Waals surface area contributed by atoms with Crippen LogP contribution in [0.4, 0.5) is 0 Å². The lowest BCUT2D eigenvalue weighted by Gasteiger charge is -2.24. The number of ketones is 2.